The number of aliphatic carboxylic acids is 1. The summed E-state index contributed by atoms with van der Waals surface area (Å²) in [6.07, 6.45) is -5.16. The maximum absolute atomic E-state index is 12.7. The molecule has 1 fully saturated rings. The van der Waals surface area contributed by atoms with Crippen molar-refractivity contribution in [2.24, 2.45) is 0 Å². The zero-order chi connectivity index (χ0) is 15.7. The zero-order valence-corrected chi connectivity index (χ0v) is 10.8. The second-order valence-electron chi connectivity index (χ2n) is 4.59. The summed E-state index contributed by atoms with van der Waals surface area (Å²) in [5, 5.41) is 10.1. The molecule has 1 saturated heterocycles. The second-order valence-corrected chi connectivity index (χ2v) is 4.59. The Labute approximate surface area is 112 Å². The summed E-state index contributed by atoms with van der Waals surface area (Å²) in [6, 6.07) is -1.24. The van der Waals surface area contributed by atoms with E-state index in [1.807, 2.05) is 0 Å². The minimum Gasteiger partial charge on any atom is -0.479 e. The van der Waals surface area contributed by atoms with Crippen molar-refractivity contribution in [3.63, 3.8) is 0 Å². The first-order valence-electron chi connectivity index (χ1n) is 5.60. The van der Waals surface area contributed by atoms with Crippen LogP contribution in [0.3, 0.4) is 0 Å². The molecular formula is C10H14F3N3O4. The molecule has 7 nitrogen and oxygen atoms in total. The fourth-order valence-corrected chi connectivity index (χ4v) is 1.47. The van der Waals surface area contributed by atoms with Gasteiger partial charge in [-0.25, -0.2) is 9.59 Å². The van der Waals surface area contributed by atoms with Crippen LogP contribution in [0.25, 0.3) is 0 Å². The van der Waals surface area contributed by atoms with Crippen LogP contribution in [0.4, 0.5) is 18.0 Å². The van der Waals surface area contributed by atoms with Gasteiger partial charge in [0.25, 0.3) is 0 Å². The van der Waals surface area contributed by atoms with E-state index in [0.717, 1.165) is 4.90 Å². The molecule has 0 aliphatic carbocycles. The van der Waals surface area contributed by atoms with Crippen LogP contribution in [-0.2, 0) is 9.59 Å². The highest BCUT2D eigenvalue weighted by atomic mass is 19.4. The molecule has 0 saturated carbocycles. The molecule has 0 aromatic rings. The summed E-state index contributed by atoms with van der Waals surface area (Å²) in [7, 11) is 1.49. The molecule has 0 aromatic heterocycles. The van der Waals surface area contributed by atoms with Crippen molar-refractivity contribution in [3.8, 4) is 0 Å². The van der Waals surface area contributed by atoms with Crippen molar-refractivity contribution in [1.29, 1.82) is 0 Å². The Bertz CT molecular complexity index is 440. The summed E-state index contributed by atoms with van der Waals surface area (Å²) in [6.45, 7) is 0.157. The van der Waals surface area contributed by atoms with Crippen molar-refractivity contribution in [2.45, 2.75) is 18.6 Å². The number of amides is 3. The van der Waals surface area contributed by atoms with Crippen molar-refractivity contribution < 1.29 is 32.7 Å². The van der Waals surface area contributed by atoms with E-state index in [9.17, 15) is 27.6 Å². The third-order valence-electron chi connectivity index (χ3n) is 3.10. The molecular weight excluding hydrogens is 283 g/mol. The van der Waals surface area contributed by atoms with Gasteiger partial charge in [0.15, 0.2) is 0 Å². The first-order chi connectivity index (χ1) is 8.99. The lowest BCUT2D eigenvalue weighted by Crippen LogP contribution is -2.65. The van der Waals surface area contributed by atoms with Crippen molar-refractivity contribution >= 4 is 17.9 Å². The third kappa shape index (κ3) is 2.94. The lowest BCUT2D eigenvalue weighted by molar-refractivity contribution is -0.203. The summed E-state index contributed by atoms with van der Waals surface area (Å²) >= 11 is 0. The van der Waals surface area contributed by atoms with E-state index < -0.39 is 36.2 Å². The van der Waals surface area contributed by atoms with Gasteiger partial charge in [-0.05, 0) is 6.92 Å². The van der Waals surface area contributed by atoms with Crippen molar-refractivity contribution in [3.05, 3.63) is 0 Å². The van der Waals surface area contributed by atoms with Gasteiger partial charge in [0.2, 0.25) is 11.4 Å². The molecule has 0 spiro atoms. The van der Waals surface area contributed by atoms with Gasteiger partial charge in [0.1, 0.15) is 6.54 Å². The molecule has 1 rings (SSSR count). The molecule has 1 unspecified atom stereocenters. The fourth-order valence-electron chi connectivity index (χ4n) is 1.47. The third-order valence-corrected chi connectivity index (χ3v) is 3.10. The number of carbonyl (C=O) groups excluding carboxylic acids is 2. The highest BCUT2D eigenvalue weighted by molar-refractivity contribution is 5.89. The predicted octanol–water partition coefficient (Wildman–Crippen LogP) is -0.124. The molecule has 0 radical (unpaired) electrons. The molecule has 0 bridgehead atoms. The topological polar surface area (TPSA) is 89.9 Å². The summed E-state index contributed by atoms with van der Waals surface area (Å²) in [5.41, 5.74) is -3.41. The molecule has 0 aromatic carbocycles. The molecule has 114 valence electrons. The fraction of sp³-hybridized carbons (Fsp3) is 0.700. The summed E-state index contributed by atoms with van der Waals surface area (Å²) < 4.78 is 38.2. The molecule has 3 amide bonds. The summed E-state index contributed by atoms with van der Waals surface area (Å²) in [4.78, 5) is 36.0. The Balaban J connectivity index is 2.83. The van der Waals surface area contributed by atoms with Gasteiger partial charge >= 0.3 is 18.2 Å². The Hall–Kier alpha value is -2.00. The quantitative estimate of drug-likeness (QED) is 0.743. The zero-order valence-electron chi connectivity index (χ0n) is 10.8. The van der Waals surface area contributed by atoms with E-state index in [1.165, 1.54) is 17.3 Å². The van der Waals surface area contributed by atoms with E-state index in [1.54, 1.807) is 0 Å². The lowest BCUT2D eigenvalue weighted by Gasteiger charge is -2.35. The molecule has 1 aliphatic rings. The van der Waals surface area contributed by atoms with Gasteiger partial charge in [0, 0.05) is 20.1 Å². The number of piperazine rings is 1. The van der Waals surface area contributed by atoms with E-state index in [-0.39, 0.29) is 13.1 Å². The van der Waals surface area contributed by atoms with Crippen LogP contribution in [0.2, 0.25) is 0 Å². The van der Waals surface area contributed by atoms with Crippen LogP contribution in [0, 0.1) is 0 Å². The largest absolute Gasteiger partial charge is 0.479 e. The Kier molecular flexibility index (Phi) is 4.15. The van der Waals surface area contributed by atoms with Gasteiger partial charge in [-0.2, -0.15) is 13.2 Å². The highest BCUT2D eigenvalue weighted by Gasteiger charge is 2.59. The number of hydrogen-bond donors (Lipinski definition) is 2. The van der Waals surface area contributed by atoms with E-state index >= 15 is 0 Å². The van der Waals surface area contributed by atoms with E-state index in [0.29, 0.717) is 6.92 Å². The number of alkyl halides is 3. The van der Waals surface area contributed by atoms with Crippen LogP contribution >= 0.6 is 0 Å². The van der Waals surface area contributed by atoms with Crippen molar-refractivity contribution in [1.82, 2.24) is 15.1 Å². The maximum atomic E-state index is 12.7. The number of carbonyl (C=O) groups is 3. The first-order valence-corrected chi connectivity index (χ1v) is 5.60. The smallest absolute Gasteiger partial charge is 0.422 e. The lowest BCUT2D eigenvalue weighted by atomic mass is 10.0. The number of halogens is 3. The van der Waals surface area contributed by atoms with Crippen molar-refractivity contribution in [2.75, 3.05) is 26.7 Å². The van der Waals surface area contributed by atoms with Gasteiger partial charge in [0.05, 0.1) is 0 Å². The number of likely N-dealkylation sites (N-methyl/N-ethyl adjacent to an activating group) is 1. The van der Waals surface area contributed by atoms with E-state index in [2.05, 4.69) is 0 Å². The van der Waals surface area contributed by atoms with Crippen LogP contribution in [0.15, 0.2) is 0 Å². The van der Waals surface area contributed by atoms with Crippen LogP contribution in [0.1, 0.15) is 6.92 Å². The molecule has 1 heterocycles. The normalized spacial score (nSPS) is 19.6. The second kappa shape index (κ2) is 5.17. The number of urea groups is 1. The van der Waals surface area contributed by atoms with E-state index in [4.69, 9.17) is 5.11 Å². The average Bonchev–Trinajstić information content (AvgIpc) is 2.30. The number of carboxylic acids is 1. The van der Waals surface area contributed by atoms with Crippen LogP contribution in [0.5, 0.6) is 0 Å². The Morgan fingerprint density at radius 3 is 2.25 bits per heavy atom. The molecule has 1 aliphatic heterocycles. The summed E-state index contributed by atoms with van der Waals surface area (Å²) in [5.74, 6) is -2.66. The van der Waals surface area contributed by atoms with Crippen LogP contribution < -0.4 is 5.32 Å². The number of rotatable bonds is 2. The standard InChI is InChI=1S/C10H14F3N3O4/c1-9(7(18)19,10(11,12)13)14-8(20)16-4-3-15(2)6(17)5-16/h3-5H2,1-2H3,(H,14,20)(H,18,19). The average molecular weight is 297 g/mol. The molecule has 1 atom stereocenters. The van der Waals surface area contributed by atoms with Gasteiger partial charge < -0.3 is 20.2 Å². The number of nitrogens with zero attached hydrogens (tertiary/aromatic N) is 2. The minimum atomic E-state index is -5.16. The maximum Gasteiger partial charge on any atom is 0.422 e. The minimum absolute atomic E-state index is 0.0294. The number of hydrogen-bond acceptors (Lipinski definition) is 3. The van der Waals surface area contributed by atoms with Crippen LogP contribution in [-0.4, -0.2) is 71.2 Å². The molecule has 20 heavy (non-hydrogen) atoms. The van der Waals surface area contributed by atoms with Gasteiger partial charge in [-0.15, -0.1) is 0 Å². The highest BCUT2D eigenvalue weighted by Crippen LogP contribution is 2.30. The predicted molar refractivity (Wildman–Crippen MR) is 59.8 cm³/mol. The SMILES string of the molecule is CN1CCN(C(=O)NC(C)(C(=O)O)C(F)(F)F)CC1=O. The molecule has 10 heteroatoms. The Morgan fingerprint density at radius 1 is 1.30 bits per heavy atom. The number of carboxylic acid groups (broad SMARTS) is 1. The first kappa shape index (κ1) is 16.1. The molecule has 2 N–H and O–H groups in total. The van der Waals surface area contributed by atoms with Gasteiger partial charge in [-0.3, -0.25) is 4.79 Å². The van der Waals surface area contributed by atoms with Gasteiger partial charge in [-0.1, -0.05) is 0 Å². The Morgan fingerprint density at radius 2 is 1.85 bits per heavy atom. The monoisotopic (exact) mass is 297 g/mol. The number of nitrogens with one attached hydrogen (secondary N) is 1.